The third kappa shape index (κ3) is 1.42. The lowest BCUT2D eigenvalue weighted by Gasteiger charge is -1.96. The fourth-order valence-electron chi connectivity index (χ4n) is 0.594. The average molecular weight is 164 g/mol. The van der Waals surface area contributed by atoms with Crippen LogP contribution in [0.25, 0.3) is 0 Å². The fourth-order valence-corrected chi connectivity index (χ4v) is 1.12. The summed E-state index contributed by atoms with van der Waals surface area (Å²) in [5.74, 6) is 0.513. The minimum atomic E-state index is -0.319. The molecule has 0 aromatic rings. The molecule has 0 saturated heterocycles. The van der Waals surface area contributed by atoms with E-state index in [1.807, 2.05) is 0 Å². The molecule has 1 fully saturated rings. The van der Waals surface area contributed by atoms with Gasteiger partial charge in [-0.15, -0.1) is 0 Å². The standard InChI is InChI=1S/C5H8BrO/c6-3-5(7)4-1-2-4/h4-5H,1-3H2. The van der Waals surface area contributed by atoms with Crippen LogP contribution in [0.3, 0.4) is 0 Å². The molecular weight excluding hydrogens is 156 g/mol. The van der Waals surface area contributed by atoms with E-state index in [2.05, 4.69) is 15.9 Å². The van der Waals surface area contributed by atoms with E-state index in [9.17, 15) is 5.11 Å². The van der Waals surface area contributed by atoms with Crippen LogP contribution in [0.1, 0.15) is 12.8 Å². The Hall–Kier alpha value is 0.440. The highest BCUT2D eigenvalue weighted by Crippen LogP contribution is 2.33. The van der Waals surface area contributed by atoms with Gasteiger partial charge < -0.3 is 0 Å². The number of hydrogen-bond donors (Lipinski definition) is 0. The molecule has 1 rings (SSSR count). The summed E-state index contributed by atoms with van der Waals surface area (Å²) in [6.07, 6.45) is 2.01. The van der Waals surface area contributed by atoms with E-state index >= 15 is 0 Å². The van der Waals surface area contributed by atoms with Gasteiger partial charge in [0.05, 0.1) is 0 Å². The third-order valence-electron chi connectivity index (χ3n) is 1.30. The maximum Gasteiger partial charge on any atom is 0.105 e. The minimum Gasteiger partial charge on any atom is -0.232 e. The molecule has 1 unspecified atom stereocenters. The first-order chi connectivity index (χ1) is 3.34. The number of rotatable bonds is 2. The molecule has 0 bridgehead atoms. The van der Waals surface area contributed by atoms with Crippen molar-refractivity contribution < 1.29 is 5.11 Å². The second-order valence-corrected chi connectivity index (χ2v) is 2.68. The van der Waals surface area contributed by atoms with Crippen LogP contribution in [0.2, 0.25) is 0 Å². The van der Waals surface area contributed by atoms with Gasteiger partial charge in [0.1, 0.15) is 6.10 Å². The van der Waals surface area contributed by atoms with Crippen molar-refractivity contribution in [3.8, 4) is 0 Å². The van der Waals surface area contributed by atoms with Crippen LogP contribution in [0.5, 0.6) is 0 Å². The zero-order chi connectivity index (χ0) is 5.28. The van der Waals surface area contributed by atoms with Crippen LogP contribution in [0, 0.1) is 5.92 Å². The smallest absolute Gasteiger partial charge is 0.105 e. The maximum atomic E-state index is 10.6. The lowest BCUT2D eigenvalue weighted by Crippen LogP contribution is -2.07. The lowest BCUT2D eigenvalue weighted by atomic mass is 10.3. The second kappa shape index (κ2) is 2.14. The number of alkyl halides is 1. The largest absolute Gasteiger partial charge is 0.232 e. The molecule has 41 valence electrons. The van der Waals surface area contributed by atoms with E-state index < -0.39 is 0 Å². The Morgan fingerprint density at radius 1 is 1.71 bits per heavy atom. The average Bonchev–Trinajstić information content (AvgIpc) is 2.44. The highest BCUT2D eigenvalue weighted by atomic mass is 79.9. The van der Waals surface area contributed by atoms with Crippen LogP contribution >= 0.6 is 15.9 Å². The summed E-state index contributed by atoms with van der Waals surface area (Å²) in [5, 5.41) is 11.2. The van der Waals surface area contributed by atoms with Crippen molar-refractivity contribution in [1.29, 1.82) is 0 Å². The zero-order valence-electron chi connectivity index (χ0n) is 4.06. The van der Waals surface area contributed by atoms with Gasteiger partial charge in [0.25, 0.3) is 0 Å². The van der Waals surface area contributed by atoms with Gasteiger partial charge in [0, 0.05) is 5.33 Å². The Morgan fingerprint density at radius 3 is 2.43 bits per heavy atom. The molecule has 1 aliphatic carbocycles. The molecule has 0 N–H and O–H groups in total. The van der Waals surface area contributed by atoms with Crippen LogP contribution in [0.15, 0.2) is 0 Å². The first-order valence-electron chi connectivity index (χ1n) is 2.56. The molecule has 1 atom stereocenters. The molecule has 1 saturated carbocycles. The molecule has 1 nitrogen and oxygen atoms in total. The van der Waals surface area contributed by atoms with Crippen LogP contribution in [-0.4, -0.2) is 11.4 Å². The van der Waals surface area contributed by atoms with Crippen molar-refractivity contribution in [3.05, 3.63) is 0 Å². The zero-order valence-corrected chi connectivity index (χ0v) is 5.65. The van der Waals surface area contributed by atoms with Gasteiger partial charge in [0.2, 0.25) is 0 Å². The van der Waals surface area contributed by atoms with Gasteiger partial charge in [-0.3, -0.25) is 0 Å². The van der Waals surface area contributed by atoms with Crippen molar-refractivity contribution in [3.63, 3.8) is 0 Å². The summed E-state index contributed by atoms with van der Waals surface area (Å²) in [5.41, 5.74) is 0. The molecule has 1 aliphatic rings. The van der Waals surface area contributed by atoms with E-state index in [0.717, 1.165) is 0 Å². The quantitative estimate of drug-likeness (QED) is 0.552. The Labute approximate surface area is 51.9 Å². The summed E-state index contributed by atoms with van der Waals surface area (Å²) in [6.45, 7) is 0. The Balaban J connectivity index is 2.10. The summed E-state index contributed by atoms with van der Waals surface area (Å²) in [4.78, 5) is 0. The highest BCUT2D eigenvalue weighted by Gasteiger charge is 2.29. The third-order valence-corrected chi connectivity index (χ3v) is 1.94. The van der Waals surface area contributed by atoms with Crippen molar-refractivity contribution in [2.24, 2.45) is 5.92 Å². The molecule has 0 aromatic carbocycles. The normalized spacial score (nSPS) is 24.9. The van der Waals surface area contributed by atoms with Gasteiger partial charge in [0.15, 0.2) is 0 Å². The molecule has 7 heavy (non-hydrogen) atoms. The summed E-state index contributed by atoms with van der Waals surface area (Å²) >= 11 is 3.14. The van der Waals surface area contributed by atoms with Gasteiger partial charge in [-0.05, 0) is 18.8 Å². The molecule has 0 spiro atoms. The fraction of sp³-hybridized carbons (Fsp3) is 1.00. The van der Waals surface area contributed by atoms with E-state index in [0.29, 0.717) is 11.2 Å². The molecule has 0 aliphatic heterocycles. The van der Waals surface area contributed by atoms with Crippen LogP contribution in [0.4, 0.5) is 0 Å². The maximum absolute atomic E-state index is 10.6. The van der Waals surface area contributed by atoms with Crippen molar-refractivity contribution >= 4 is 15.9 Å². The van der Waals surface area contributed by atoms with Gasteiger partial charge in [-0.1, -0.05) is 15.9 Å². The van der Waals surface area contributed by atoms with Gasteiger partial charge in [-0.2, -0.15) is 0 Å². The monoisotopic (exact) mass is 163 g/mol. The summed E-state index contributed by atoms with van der Waals surface area (Å²) in [6, 6.07) is 0. The molecule has 0 amide bonds. The summed E-state index contributed by atoms with van der Waals surface area (Å²) in [7, 11) is 0. The number of halogens is 1. The van der Waals surface area contributed by atoms with Crippen molar-refractivity contribution in [2.75, 3.05) is 5.33 Å². The number of hydrogen-bond acceptors (Lipinski definition) is 0. The highest BCUT2D eigenvalue weighted by molar-refractivity contribution is 9.09. The lowest BCUT2D eigenvalue weighted by molar-refractivity contribution is 0.0914. The molecule has 0 aromatic heterocycles. The van der Waals surface area contributed by atoms with Gasteiger partial charge in [-0.25, -0.2) is 5.11 Å². The topological polar surface area (TPSA) is 19.9 Å². The predicted octanol–water partition coefficient (Wildman–Crippen LogP) is 1.59. The van der Waals surface area contributed by atoms with Crippen LogP contribution in [-0.2, 0) is 5.11 Å². The SMILES string of the molecule is [O]C(CBr)C1CC1. The van der Waals surface area contributed by atoms with Gasteiger partial charge >= 0.3 is 0 Å². The Bertz CT molecular complexity index is 61.1. The second-order valence-electron chi connectivity index (χ2n) is 2.03. The molecular formula is C5H8BrO. The predicted molar refractivity (Wildman–Crippen MR) is 31.0 cm³/mol. The van der Waals surface area contributed by atoms with Crippen molar-refractivity contribution in [1.82, 2.24) is 0 Å². The first kappa shape index (κ1) is 5.57. The first-order valence-corrected chi connectivity index (χ1v) is 3.68. The Morgan fingerprint density at radius 2 is 2.29 bits per heavy atom. The van der Waals surface area contributed by atoms with E-state index in [1.54, 1.807) is 0 Å². The molecule has 1 radical (unpaired) electrons. The minimum absolute atomic E-state index is 0.319. The van der Waals surface area contributed by atoms with E-state index in [1.165, 1.54) is 12.8 Å². The van der Waals surface area contributed by atoms with E-state index in [-0.39, 0.29) is 6.10 Å². The molecule has 0 heterocycles. The Kier molecular flexibility index (Phi) is 1.70. The van der Waals surface area contributed by atoms with Crippen LogP contribution < -0.4 is 0 Å². The summed E-state index contributed by atoms with van der Waals surface area (Å²) < 4.78 is 0. The van der Waals surface area contributed by atoms with E-state index in [4.69, 9.17) is 0 Å². The molecule has 2 heteroatoms. The van der Waals surface area contributed by atoms with Crippen molar-refractivity contribution in [2.45, 2.75) is 18.9 Å².